The van der Waals surface area contributed by atoms with Gasteiger partial charge in [-0.05, 0) is 42.4 Å². The summed E-state index contributed by atoms with van der Waals surface area (Å²) < 4.78 is 0. The van der Waals surface area contributed by atoms with Crippen LogP contribution in [0.25, 0.3) is 0 Å². The van der Waals surface area contributed by atoms with Crippen LogP contribution in [0.2, 0.25) is 0 Å². The Hall–Kier alpha value is -0.300. The van der Waals surface area contributed by atoms with E-state index in [0.717, 1.165) is 5.33 Å². The summed E-state index contributed by atoms with van der Waals surface area (Å²) in [4.78, 5) is 0. The summed E-state index contributed by atoms with van der Waals surface area (Å²) in [6.07, 6.45) is 0. The second-order valence-electron chi connectivity index (χ2n) is 4.21. The lowest BCUT2D eigenvalue weighted by Gasteiger charge is -2.21. The van der Waals surface area contributed by atoms with Crippen LogP contribution in [0, 0.1) is 19.8 Å². The maximum atomic E-state index is 3.56. The first-order valence-electron chi connectivity index (χ1n) is 5.20. The molecule has 0 nitrogen and oxygen atoms in total. The van der Waals surface area contributed by atoms with Crippen LogP contribution >= 0.6 is 15.9 Å². The Morgan fingerprint density at radius 2 is 1.86 bits per heavy atom. The van der Waals surface area contributed by atoms with Gasteiger partial charge in [0, 0.05) is 5.33 Å². The molecule has 0 fully saturated rings. The Labute approximate surface area is 95.9 Å². The molecule has 2 unspecified atom stereocenters. The average molecular weight is 255 g/mol. The van der Waals surface area contributed by atoms with Crippen LogP contribution in [-0.2, 0) is 0 Å². The van der Waals surface area contributed by atoms with E-state index in [-0.39, 0.29) is 0 Å². The van der Waals surface area contributed by atoms with Crippen LogP contribution in [0.4, 0.5) is 0 Å². The number of halogens is 1. The first-order valence-corrected chi connectivity index (χ1v) is 6.32. The Kier molecular flexibility index (Phi) is 4.18. The average Bonchev–Trinajstić information content (AvgIpc) is 2.20. The molecule has 0 aliphatic heterocycles. The fraction of sp³-hybridized carbons (Fsp3) is 0.538. The van der Waals surface area contributed by atoms with Gasteiger partial charge in [-0.25, -0.2) is 0 Å². The summed E-state index contributed by atoms with van der Waals surface area (Å²) in [5, 5.41) is 1.07. The van der Waals surface area contributed by atoms with E-state index in [1.54, 1.807) is 0 Å². The molecule has 0 radical (unpaired) electrons. The maximum absolute atomic E-state index is 3.56. The molecular formula is C13H19Br. The van der Waals surface area contributed by atoms with E-state index in [0.29, 0.717) is 11.8 Å². The number of aryl methyl sites for hydroxylation is 1. The van der Waals surface area contributed by atoms with E-state index in [9.17, 15) is 0 Å². The minimum atomic E-state index is 0.634. The summed E-state index contributed by atoms with van der Waals surface area (Å²) in [5.41, 5.74) is 4.35. The summed E-state index contributed by atoms with van der Waals surface area (Å²) in [5.74, 6) is 1.32. The Morgan fingerprint density at radius 3 is 2.43 bits per heavy atom. The highest BCUT2D eigenvalue weighted by atomic mass is 79.9. The monoisotopic (exact) mass is 254 g/mol. The lowest BCUT2D eigenvalue weighted by Crippen LogP contribution is -2.09. The Morgan fingerprint density at radius 1 is 1.21 bits per heavy atom. The molecule has 0 aliphatic carbocycles. The van der Waals surface area contributed by atoms with Crippen molar-refractivity contribution in [1.29, 1.82) is 0 Å². The zero-order valence-electron chi connectivity index (χ0n) is 9.47. The van der Waals surface area contributed by atoms with Crippen molar-refractivity contribution in [1.82, 2.24) is 0 Å². The summed E-state index contributed by atoms with van der Waals surface area (Å²) in [6, 6.07) is 6.60. The van der Waals surface area contributed by atoms with Crippen molar-refractivity contribution >= 4 is 15.9 Å². The molecule has 0 amide bonds. The SMILES string of the molecule is Cc1cccc(C(C)C(C)CBr)c1C. The largest absolute Gasteiger partial charge is 0.0925 e. The van der Waals surface area contributed by atoms with Crippen molar-refractivity contribution in [2.75, 3.05) is 5.33 Å². The molecule has 2 atom stereocenters. The fourth-order valence-electron chi connectivity index (χ4n) is 1.71. The van der Waals surface area contributed by atoms with Crippen LogP contribution in [0.1, 0.15) is 36.5 Å². The predicted molar refractivity (Wildman–Crippen MR) is 67.3 cm³/mol. The lowest BCUT2D eigenvalue weighted by atomic mass is 9.86. The first kappa shape index (κ1) is 11.8. The number of alkyl halides is 1. The van der Waals surface area contributed by atoms with Gasteiger partial charge in [0.15, 0.2) is 0 Å². The number of hydrogen-bond acceptors (Lipinski definition) is 0. The van der Waals surface area contributed by atoms with E-state index in [1.807, 2.05) is 0 Å². The zero-order valence-corrected chi connectivity index (χ0v) is 11.1. The highest BCUT2D eigenvalue weighted by molar-refractivity contribution is 9.09. The summed E-state index contributed by atoms with van der Waals surface area (Å²) in [6.45, 7) is 9.02. The molecule has 14 heavy (non-hydrogen) atoms. The van der Waals surface area contributed by atoms with E-state index in [1.165, 1.54) is 16.7 Å². The molecule has 0 heterocycles. The molecule has 0 spiro atoms. The second-order valence-corrected chi connectivity index (χ2v) is 4.86. The Balaban J connectivity index is 3.01. The summed E-state index contributed by atoms with van der Waals surface area (Å²) in [7, 11) is 0. The van der Waals surface area contributed by atoms with E-state index < -0.39 is 0 Å². The smallest absolute Gasteiger partial charge is 0.00627 e. The molecule has 0 saturated carbocycles. The number of rotatable bonds is 3. The van der Waals surface area contributed by atoms with Crippen molar-refractivity contribution in [3.05, 3.63) is 34.9 Å². The third-order valence-electron chi connectivity index (χ3n) is 3.23. The molecule has 0 aliphatic rings. The topological polar surface area (TPSA) is 0 Å². The van der Waals surface area contributed by atoms with Gasteiger partial charge >= 0.3 is 0 Å². The fourth-order valence-corrected chi connectivity index (χ4v) is 2.27. The molecule has 0 bridgehead atoms. The van der Waals surface area contributed by atoms with E-state index >= 15 is 0 Å². The predicted octanol–water partition coefficient (Wildman–Crippen LogP) is 4.44. The van der Waals surface area contributed by atoms with Gasteiger partial charge in [0.05, 0.1) is 0 Å². The third-order valence-corrected chi connectivity index (χ3v) is 4.26. The molecule has 0 N–H and O–H groups in total. The van der Waals surface area contributed by atoms with Crippen molar-refractivity contribution in [3.63, 3.8) is 0 Å². The molecule has 1 aromatic rings. The molecular weight excluding hydrogens is 236 g/mol. The van der Waals surface area contributed by atoms with Crippen LogP contribution in [-0.4, -0.2) is 5.33 Å². The van der Waals surface area contributed by atoms with Gasteiger partial charge in [-0.1, -0.05) is 48.0 Å². The molecule has 0 aromatic heterocycles. The van der Waals surface area contributed by atoms with Crippen molar-refractivity contribution in [2.24, 2.45) is 5.92 Å². The molecule has 78 valence electrons. The second kappa shape index (κ2) is 4.97. The van der Waals surface area contributed by atoms with Gasteiger partial charge in [-0.15, -0.1) is 0 Å². The molecule has 1 heteroatoms. The zero-order chi connectivity index (χ0) is 10.7. The van der Waals surface area contributed by atoms with Gasteiger partial charge in [0.2, 0.25) is 0 Å². The minimum Gasteiger partial charge on any atom is -0.0925 e. The highest BCUT2D eigenvalue weighted by Gasteiger charge is 2.15. The van der Waals surface area contributed by atoms with E-state index in [4.69, 9.17) is 0 Å². The highest BCUT2D eigenvalue weighted by Crippen LogP contribution is 2.28. The maximum Gasteiger partial charge on any atom is 0.00627 e. The number of benzene rings is 1. The third kappa shape index (κ3) is 2.38. The standard InChI is InChI=1S/C13H19Br/c1-9-6-5-7-13(11(9)3)12(4)10(2)8-14/h5-7,10,12H,8H2,1-4H3. The molecule has 1 aromatic carbocycles. The summed E-state index contributed by atoms with van der Waals surface area (Å²) >= 11 is 3.56. The van der Waals surface area contributed by atoms with Crippen molar-refractivity contribution in [2.45, 2.75) is 33.6 Å². The lowest BCUT2D eigenvalue weighted by molar-refractivity contribution is 0.544. The number of hydrogen-bond donors (Lipinski definition) is 0. The molecule has 1 rings (SSSR count). The van der Waals surface area contributed by atoms with Crippen LogP contribution in [0.15, 0.2) is 18.2 Å². The van der Waals surface area contributed by atoms with Gasteiger partial charge < -0.3 is 0 Å². The van der Waals surface area contributed by atoms with E-state index in [2.05, 4.69) is 61.8 Å². The normalized spacial score (nSPS) is 15.2. The quantitative estimate of drug-likeness (QED) is 0.700. The Bertz CT molecular complexity index is 304. The van der Waals surface area contributed by atoms with Crippen molar-refractivity contribution in [3.8, 4) is 0 Å². The van der Waals surface area contributed by atoms with Crippen LogP contribution in [0.3, 0.4) is 0 Å². The van der Waals surface area contributed by atoms with Crippen molar-refractivity contribution < 1.29 is 0 Å². The van der Waals surface area contributed by atoms with Gasteiger partial charge in [-0.3, -0.25) is 0 Å². The van der Waals surface area contributed by atoms with Crippen LogP contribution in [0.5, 0.6) is 0 Å². The minimum absolute atomic E-state index is 0.634. The first-order chi connectivity index (χ1) is 6.57. The van der Waals surface area contributed by atoms with Crippen LogP contribution < -0.4 is 0 Å². The van der Waals surface area contributed by atoms with Gasteiger partial charge in [0.1, 0.15) is 0 Å². The van der Waals surface area contributed by atoms with Gasteiger partial charge in [-0.2, -0.15) is 0 Å². The van der Waals surface area contributed by atoms with Gasteiger partial charge in [0.25, 0.3) is 0 Å². The molecule has 0 saturated heterocycles.